The monoisotopic (exact) mass is 685 g/mol. The molecule has 262 valence electrons. The fourth-order valence-corrected chi connectivity index (χ4v) is 6.91. The Balaban J connectivity index is 1.38. The minimum Gasteiger partial charge on any atom is -0.446 e. The Labute approximate surface area is 287 Å². The highest BCUT2D eigenvalue weighted by atomic mass is 35.5. The van der Waals surface area contributed by atoms with E-state index in [1.165, 1.54) is 4.90 Å². The van der Waals surface area contributed by atoms with Crippen LogP contribution in [0.3, 0.4) is 0 Å². The third-order valence-corrected chi connectivity index (χ3v) is 9.77. The molecule has 13 heteroatoms. The second kappa shape index (κ2) is 14.8. The van der Waals surface area contributed by atoms with Crippen molar-refractivity contribution in [3.63, 3.8) is 0 Å². The number of rotatable bonds is 11. The maximum atomic E-state index is 14.5. The first-order chi connectivity index (χ1) is 22.8. The Morgan fingerprint density at radius 1 is 1.08 bits per heavy atom. The van der Waals surface area contributed by atoms with Gasteiger partial charge in [0.05, 0.1) is 18.3 Å². The van der Waals surface area contributed by atoms with E-state index >= 15 is 0 Å². The maximum Gasteiger partial charge on any atom is 0.408 e. The van der Waals surface area contributed by atoms with Crippen molar-refractivity contribution in [3.8, 4) is 0 Å². The van der Waals surface area contributed by atoms with Crippen LogP contribution in [0.1, 0.15) is 104 Å². The van der Waals surface area contributed by atoms with Gasteiger partial charge in [-0.2, -0.15) is 0 Å². The first-order valence-electron chi connectivity index (χ1n) is 17.2. The van der Waals surface area contributed by atoms with Crippen LogP contribution in [0, 0.1) is 5.41 Å². The lowest BCUT2D eigenvalue weighted by molar-refractivity contribution is -0.144. The van der Waals surface area contributed by atoms with Gasteiger partial charge in [-0.3, -0.25) is 19.2 Å². The van der Waals surface area contributed by atoms with Gasteiger partial charge < -0.3 is 30.4 Å². The lowest BCUT2D eigenvalue weighted by atomic mass is 9.85. The summed E-state index contributed by atoms with van der Waals surface area (Å²) >= 11 is 6.24. The third kappa shape index (κ3) is 8.67. The number of nitrogens with zero attached hydrogens (tertiary/aromatic N) is 2. The highest BCUT2D eigenvalue weighted by Gasteiger charge is 2.56. The molecule has 1 spiro atoms. The van der Waals surface area contributed by atoms with E-state index in [9.17, 15) is 24.0 Å². The Morgan fingerprint density at radius 3 is 2.46 bits per heavy atom. The molecule has 2 aliphatic heterocycles. The molecular formula is C35H48ClN5O7. The van der Waals surface area contributed by atoms with Gasteiger partial charge in [-0.25, -0.2) is 4.79 Å². The summed E-state index contributed by atoms with van der Waals surface area (Å²) in [6, 6.07) is 4.03. The SMILES string of the molecule is CCC[C@H](NC(=O)[C@@H]1C[C@]2(CC(c3cccc(Cl)c3)=NO2)CN1C(=O)[C@@H](NC(=O)OC1CCCCC1)C(C)(C)C)C(=O)C(=O)NC1CC1. The normalized spacial score (nSPS) is 23.9. The summed E-state index contributed by atoms with van der Waals surface area (Å²) < 4.78 is 5.70. The number of hydrogen-bond acceptors (Lipinski definition) is 8. The molecule has 1 saturated heterocycles. The molecule has 2 aliphatic carbocycles. The fraction of sp³-hybridized carbons (Fsp3) is 0.657. The van der Waals surface area contributed by atoms with E-state index in [1.807, 2.05) is 39.8 Å². The number of amides is 4. The van der Waals surface area contributed by atoms with Gasteiger partial charge in [-0.05, 0) is 62.5 Å². The highest BCUT2D eigenvalue weighted by molar-refractivity contribution is 6.38. The number of Topliss-reactive ketones (excluding diaryl/α,β-unsaturated/α-hetero) is 1. The molecule has 0 aromatic heterocycles. The van der Waals surface area contributed by atoms with E-state index in [0.717, 1.165) is 50.5 Å². The number of alkyl carbamates (subject to hydrolysis) is 1. The summed E-state index contributed by atoms with van der Waals surface area (Å²) in [4.78, 5) is 74.9. The lowest BCUT2D eigenvalue weighted by Gasteiger charge is -2.35. The molecule has 0 bridgehead atoms. The van der Waals surface area contributed by atoms with E-state index in [4.69, 9.17) is 21.2 Å². The first-order valence-corrected chi connectivity index (χ1v) is 17.6. The van der Waals surface area contributed by atoms with Crippen molar-refractivity contribution < 1.29 is 33.5 Å². The number of hydrogen-bond donors (Lipinski definition) is 3. The number of likely N-dealkylation sites (tertiary alicyclic amines) is 1. The van der Waals surface area contributed by atoms with Gasteiger partial charge in [0.1, 0.15) is 18.2 Å². The molecule has 5 rings (SSSR count). The van der Waals surface area contributed by atoms with Crippen LogP contribution in [0.5, 0.6) is 0 Å². The van der Waals surface area contributed by atoms with Crippen LogP contribution in [-0.4, -0.2) is 82.6 Å². The molecule has 1 aromatic rings. The number of nitrogens with one attached hydrogen (secondary N) is 3. The molecule has 0 radical (unpaired) electrons. The zero-order chi connectivity index (χ0) is 34.6. The predicted molar refractivity (Wildman–Crippen MR) is 179 cm³/mol. The van der Waals surface area contributed by atoms with Gasteiger partial charge >= 0.3 is 6.09 Å². The maximum absolute atomic E-state index is 14.5. The molecule has 2 saturated carbocycles. The van der Waals surface area contributed by atoms with E-state index in [0.29, 0.717) is 23.6 Å². The van der Waals surface area contributed by atoms with Crippen LogP contribution in [0.4, 0.5) is 4.79 Å². The van der Waals surface area contributed by atoms with Gasteiger partial charge in [0.25, 0.3) is 5.91 Å². The molecule has 12 nitrogen and oxygen atoms in total. The number of oxime groups is 1. The number of ketones is 1. The smallest absolute Gasteiger partial charge is 0.408 e. The quantitative estimate of drug-likeness (QED) is 0.292. The van der Waals surface area contributed by atoms with Crippen molar-refractivity contribution in [3.05, 3.63) is 34.9 Å². The summed E-state index contributed by atoms with van der Waals surface area (Å²) in [7, 11) is 0. The predicted octanol–water partition coefficient (Wildman–Crippen LogP) is 4.41. The number of carbonyl (C=O) groups excluding carboxylic acids is 5. The van der Waals surface area contributed by atoms with E-state index in [2.05, 4.69) is 21.1 Å². The number of ether oxygens (including phenoxy) is 1. The molecule has 4 atom stereocenters. The largest absolute Gasteiger partial charge is 0.446 e. The molecule has 0 unspecified atom stereocenters. The van der Waals surface area contributed by atoms with Crippen molar-refractivity contribution in [2.24, 2.45) is 10.6 Å². The van der Waals surface area contributed by atoms with Crippen LogP contribution in [0.2, 0.25) is 5.02 Å². The Morgan fingerprint density at radius 2 is 1.81 bits per heavy atom. The molecule has 4 amide bonds. The third-order valence-electron chi connectivity index (χ3n) is 9.53. The molecule has 48 heavy (non-hydrogen) atoms. The minimum atomic E-state index is -1.06. The zero-order valence-corrected chi connectivity index (χ0v) is 29.1. The second-order valence-corrected chi connectivity index (χ2v) is 15.2. The summed E-state index contributed by atoms with van der Waals surface area (Å²) in [5.74, 6) is -2.50. The number of carbonyl (C=O) groups is 5. The summed E-state index contributed by atoms with van der Waals surface area (Å²) in [5.41, 5.74) is -0.392. The van der Waals surface area contributed by atoms with Crippen LogP contribution in [0.15, 0.2) is 29.4 Å². The van der Waals surface area contributed by atoms with Crippen molar-refractivity contribution in [2.45, 2.75) is 134 Å². The average Bonchev–Trinajstić information content (AvgIpc) is 3.63. The van der Waals surface area contributed by atoms with Crippen molar-refractivity contribution >= 4 is 46.9 Å². The lowest BCUT2D eigenvalue weighted by Crippen LogP contribution is -2.59. The van der Waals surface area contributed by atoms with Crippen molar-refractivity contribution in [1.82, 2.24) is 20.9 Å². The summed E-state index contributed by atoms with van der Waals surface area (Å²) in [6.07, 6.45) is 6.57. The Kier molecular flexibility index (Phi) is 11.0. The molecule has 4 aliphatic rings. The van der Waals surface area contributed by atoms with Gasteiger partial charge in [-0.15, -0.1) is 0 Å². The zero-order valence-electron chi connectivity index (χ0n) is 28.3. The molecule has 2 heterocycles. The topological polar surface area (TPSA) is 156 Å². The summed E-state index contributed by atoms with van der Waals surface area (Å²) in [5, 5.41) is 13.2. The number of halogens is 1. The van der Waals surface area contributed by atoms with E-state index < -0.39 is 58.7 Å². The average molecular weight is 686 g/mol. The van der Waals surface area contributed by atoms with Crippen molar-refractivity contribution in [2.75, 3.05) is 6.54 Å². The van der Waals surface area contributed by atoms with E-state index in [-0.39, 0.29) is 31.5 Å². The Bertz CT molecular complexity index is 1430. The summed E-state index contributed by atoms with van der Waals surface area (Å²) in [6.45, 7) is 7.37. The fourth-order valence-electron chi connectivity index (χ4n) is 6.72. The highest BCUT2D eigenvalue weighted by Crippen LogP contribution is 2.40. The number of benzene rings is 1. The molecule has 1 aromatic carbocycles. The van der Waals surface area contributed by atoms with Gasteiger partial charge in [0.2, 0.25) is 17.6 Å². The molecular weight excluding hydrogens is 638 g/mol. The van der Waals surface area contributed by atoms with Crippen LogP contribution in [0.25, 0.3) is 0 Å². The minimum absolute atomic E-state index is 0.0119. The van der Waals surface area contributed by atoms with Crippen LogP contribution in [-0.2, 0) is 28.8 Å². The first kappa shape index (κ1) is 35.6. The van der Waals surface area contributed by atoms with Crippen molar-refractivity contribution in [1.29, 1.82) is 0 Å². The standard InChI is InChI=1S/C35H48ClN5O7/c1-5-10-25(28(42)31(44)37-23-15-16-23)38-30(43)27-19-35(18-26(40-48-35)21-11-9-12-22(36)17-21)20-41(27)32(45)29(34(2,3)4)39-33(46)47-24-13-7-6-8-14-24/h9,11-12,17,23-25,27,29H,5-8,10,13-16,18-20H2,1-4H3,(H,37,44)(H,38,43)(H,39,46)/t25-,27-,29+,35+/m0/s1. The molecule has 3 N–H and O–H groups in total. The van der Waals surface area contributed by atoms with Crippen LogP contribution < -0.4 is 16.0 Å². The second-order valence-electron chi connectivity index (χ2n) is 14.8. The van der Waals surface area contributed by atoms with Gasteiger partial charge in [-0.1, -0.05) is 69.4 Å². The van der Waals surface area contributed by atoms with Gasteiger partial charge in [0.15, 0.2) is 5.60 Å². The van der Waals surface area contributed by atoms with Gasteiger partial charge in [0, 0.05) is 29.5 Å². The Hall–Kier alpha value is -3.67. The molecule has 3 fully saturated rings. The van der Waals surface area contributed by atoms with Crippen LogP contribution >= 0.6 is 11.6 Å². The van der Waals surface area contributed by atoms with E-state index in [1.54, 1.807) is 12.1 Å².